The van der Waals surface area contributed by atoms with Crippen molar-refractivity contribution in [2.75, 3.05) is 19.6 Å². The smallest absolute Gasteiger partial charge is 0.407 e. The van der Waals surface area contributed by atoms with Gasteiger partial charge in [-0.2, -0.15) is 0 Å². The van der Waals surface area contributed by atoms with Crippen molar-refractivity contribution < 1.29 is 13.9 Å². The number of hydrogen-bond acceptors (Lipinski definition) is 3. The molecule has 1 aliphatic heterocycles. The van der Waals surface area contributed by atoms with E-state index in [1.165, 1.54) is 44.7 Å². The SMILES string of the molecule is CC(C)(C)OC(=O)NC1CCC(CCN2CCC(Cc3cccc(F)c3)CC2)CC1. The lowest BCUT2D eigenvalue weighted by Gasteiger charge is -2.34. The summed E-state index contributed by atoms with van der Waals surface area (Å²) in [6.45, 7) is 9.20. The van der Waals surface area contributed by atoms with E-state index in [9.17, 15) is 9.18 Å². The number of carbonyl (C=O) groups excluding carboxylic acids is 1. The van der Waals surface area contributed by atoms with E-state index in [0.717, 1.165) is 43.8 Å². The van der Waals surface area contributed by atoms with Gasteiger partial charge in [0.25, 0.3) is 0 Å². The van der Waals surface area contributed by atoms with Gasteiger partial charge in [-0.1, -0.05) is 12.1 Å². The minimum absolute atomic E-state index is 0.124. The lowest BCUT2D eigenvalue weighted by atomic mass is 9.83. The first kappa shape index (κ1) is 23.1. The summed E-state index contributed by atoms with van der Waals surface area (Å²) < 4.78 is 18.7. The highest BCUT2D eigenvalue weighted by Gasteiger charge is 2.26. The maximum atomic E-state index is 13.4. The van der Waals surface area contributed by atoms with Crippen molar-refractivity contribution in [1.29, 1.82) is 0 Å². The zero-order valence-electron chi connectivity index (χ0n) is 19.0. The molecule has 0 aromatic heterocycles. The molecular weight excluding hydrogens is 379 g/mol. The first-order valence-corrected chi connectivity index (χ1v) is 11.7. The molecular formula is C25H39FN2O2. The topological polar surface area (TPSA) is 41.6 Å². The molecule has 1 aromatic carbocycles. The van der Waals surface area contributed by atoms with Crippen molar-refractivity contribution in [1.82, 2.24) is 10.2 Å². The molecule has 0 bridgehead atoms. The van der Waals surface area contributed by atoms with Crippen molar-refractivity contribution in [3.63, 3.8) is 0 Å². The highest BCUT2D eigenvalue weighted by atomic mass is 19.1. The third kappa shape index (κ3) is 7.90. The molecule has 0 unspecified atom stereocenters. The van der Waals surface area contributed by atoms with Crippen molar-refractivity contribution in [3.05, 3.63) is 35.6 Å². The van der Waals surface area contributed by atoms with E-state index in [4.69, 9.17) is 4.74 Å². The maximum absolute atomic E-state index is 13.4. The van der Waals surface area contributed by atoms with Crippen molar-refractivity contribution in [2.45, 2.75) is 83.8 Å². The average molecular weight is 419 g/mol. The van der Waals surface area contributed by atoms with Gasteiger partial charge in [0.05, 0.1) is 0 Å². The summed E-state index contributed by atoms with van der Waals surface area (Å²) in [4.78, 5) is 14.5. The van der Waals surface area contributed by atoms with Gasteiger partial charge in [0.2, 0.25) is 0 Å². The van der Waals surface area contributed by atoms with E-state index >= 15 is 0 Å². The molecule has 1 amide bonds. The molecule has 3 rings (SSSR count). The molecule has 2 aliphatic rings. The number of benzene rings is 1. The molecule has 168 valence electrons. The number of likely N-dealkylation sites (tertiary alicyclic amines) is 1. The summed E-state index contributed by atoms with van der Waals surface area (Å²) in [6, 6.07) is 7.32. The number of piperidine rings is 1. The normalized spacial score (nSPS) is 23.9. The van der Waals surface area contributed by atoms with Crippen LogP contribution in [-0.4, -0.2) is 42.3 Å². The summed E-state index contributed by atoms with van der Waals surface area (Å²) >= 11 is 0. The van der Waals surface area contributed by atoms with Crippen molar-refractivity contribution >= 4 is 6.09 Å². The minimum Gasteiger partial charge on any atom is -0.444 e. The largest absolute Gasteiger partial charge is 0.444 e. The van der Waals surface area contributed by atoms with Gasteiger partial charge >= 0.3 is 6.09 Å². The fourth-order valence-corrected chi connectivity index (χ4v) is 4.85. The Hall–Kier alpha value is -1.62. The van der Waals surface area contributed by atoms with Crippen molar-refractivity contribution in [2.24, 2.45) is 11.8 Å². The molecule has 2 fully saturated rings. The quantitative estimate of drug-likeness (QED) is 0.658. The molecule has 0 spiro atoms. The summed E-state index contributed by atoms with van der Waals surface area (Å²) in [5, 5.41) is 3.03. The van der Waals surface area contributed by atoms with E-state index in [2.05, 4.69) is 10.2 Å². The van der Waals surface area contributed by atoms with Crippen LogP contribution >= 0.6 is 0 Å². The van der Waals surface area contributed by atoms with Gasteiger partial charge < -0.3 is 15.0 Å². The third-order valence-corrected chi connectivity index (χ3v) is 6.54. The number of hydrogen-bond donors (Lipinski definition) is 1. The van der Waals surface area contributed by atoms with E-state index < -0.39 is 5.60 Å². The molecule has 5 heteroatoms. The standard InChI is InChI=1S/C25H39FN2O2/c1-25(2,3)30-24(29)27-23-9-7-19(8-10-23)11-14-28-15-12-20(13-16-28)17-21-5-4-6-22(26)18-21/h4-6,18-20,23H,7-17H2,1-3H3,(H,27,29). The van der Waals surface area contributed by atoms with E-state index in [-0.39, 0.29) is 18.0 Å². The number of ether oxygens (including phenoxy) is 1. The lowest BCUT2D eigenvalue weighted by Crippen LogP contribution is -2.41. The molecule has 1 aromatic rings. The zero-order chi connectivity index (χ0) is 21.6. The second-order valence-corrected chi connectivity index (χ2v) is 10.3. The van der Waals surface area contributed by atoms with Crippen LogP contribution in [-0.2, 0) is 11.2 Å². The monoisotopic (exact) mass is 418 g/mol. The van der Waals surface area contributed by atoms with Crippen LogP contribution in [0.25, 0.3) is 0 Å². The predicted octanol–water partition coefficient (Wildman–Crippen LogP) is 5.55. The molecule has 1 saturated carbocycles. The first-order chi connectivity index (χ1) is 14.3. The molecule has 0 atom stereocenters. The molecule has 1 heterocycles. The number of halogens is 1. The van der Waals surface area contributed by atoms with Crippen LogP contribution in [0.3, 0.4) is 0 Å². The number of nitrogens with zero attached hydrogens (tertiary/aromatic N) is 1. The fraction of sp³-hybridized carbons (Fsp3) is 0.720. The summed E-state index contributed by atoms with van der Waals surface area (Å²) in [6.07, 6.45) is 8.89. The Labute approximate surface area is 181 Å². The number of rotatable bonds is 6. The summed E-state index contributed by atoms with van der Waals surface area (Å²) in [5.41, 5.74) is 0.691. The molecule has 30 heavy (non-hydrogen) atoms. The van der Waals surface area contributed by atoms with Crippen LogP contribution in [0.15, 0.2) is 24.3 Å². The highest BCUT2D eigenvalue weighted by Crippen LogP contribution is 2.28. The number of carbonyl (C=O) groups is 1. The van der Waals surface area contributed by atoms with Crippen LogP contribution < -0.4 is 5.32 Å². The van der Waals surface area contributed by atoms with Gasteiger partial charge in [0.15, 0.2) is 0 Å². The Morgan fingerprint density at radius 1 is 1.10 bits per heavy atom. The Balaban J connectivity index is 1.29. The second kappa shape index (κ2) is 10.6. The van der Waals surface area contributed by atoms with Crippen LogP contribution in [0.5, 0.6) is 0 Å². The van der Waals surface area contributed by atoms with E-state index in [0.29, 0.717) is 5.92 Å². The van der Waals surface area contributed by atoms with Gasteiger partial charge in [0, 0.05) is 6.04 Å². The van der Waals surface area contributed by atoms with E-state index in [1.807, 2.05) is 32.9 Å². The summed E-state index contributed by atoms with van der Waals surface area (Å²) in [7, 11) is 0. The van der Waals surface area contributed by atoms with Crippen molar-refractivity contribution in [3.8, 4) is 0 Å². The summed E-state index contributed by atoms with van der Waals surface area (Å²) in [5.74, 6) is 1.32. The van der Waals surface area contributed by atoms with Crippen LogP contribution in [0.2, 0.25) is 0 Å². The second-order valence-electron chi connectivity index (χ2n) is 10.3. The van der Waals surface area contributed by atoms with Gasteiger partial charge in [-0.05, 0) is 121 Å². The van der Waals surface area contributed by atoms with Gasteiger partial charge in [0.1, 0.15) is 11.4 Å². The lowest BCUT2D eigenvalue weighted by molar-refractivity contribution is 0.0485. The Morgan fingerprint density at radius 2 is 1.80 bits per heavy atom. The van der Waals surface area contributed by atoms with Gasteiger partial charge in [-0.3, -0.25) is 0 Å². The molecule has 4 nitrogen and oxygen atoms in total. The van der Waals surface area contributed by atoms with Crippen LogP contribution in [0.4, 0.5) is 9.18 Å². The highest BCUT2D eigenvalue weighted by molar-refractivity contribution is 5.68. The zero-order valence-corrected chi connectivity index (χ0v) is 19.0. The molecule has 1 saturated heterocycles. The van der Waals surface area contributed by atoms with Crippen LogP contribution in [0.1, 0.15) is 71.3 Å². The first-order valence-electron chi connectivity index (χ1n) is 11.7. The Kier molecular flexibility index (Phi) is 8.15. The average Bonchev–Trinajstić information content (AvgIpc) is 2.67. The Bertz CT molecular complexity index is 672. The number of amides is 1. The Morgan fingerprint density at radius 3 is 2.43 bits per heavy atom. The molecule has 0 radical (unpaired) electrons. The molecule has 1 N–H and O–H groups in total. The maximum Gasteiger partial charge on any atom is 0.407 e. The molecule has 1 aliphatic carbocycles. The predicted molar refractivity (Wildman–Crippen MR) is 119 cm³/mol. The third-order valence-electron chi connectivity index (χ3n) is 6.54. The fourth-order valence-electron chi connectivity index (χ4n) is 4.85. The van der Waals surface area contributed by atoms with Gasteiger partial charge in [-0.25, -0.2) is 9.18 Å². The minimum atomic E-state index is -0.438. The number of nitrogens with one attached hydrogen (secondary N) is 1. The van der Waals surface area contributed by atoms with E-state index in [1.54, 1.807) is 6.07 Å². The van der Waals surface area contributed by atoms with Gasteiger partial charge in [-0.15, -0.1) is 0 Å². The number of alkyl carbamates (subject to hydrolysis) is 1. The van der Waals surface area contributed by atoms with Crippen LogP contribution in [0, 0.1) is 17.7 Å².